The summed E-state index contributed by atoms with van der Waals surface area (Å²) in [4.78, 5) is 10.4. The molecule has 21 heavy (non-hydrogen) atoms. The summed E-state index contributed by atoms with van der Waals surface area (Å²) in [6, 6.07) is 0. The minimum Gasteiger partial charge on any atom is -0.454 e. The molecule has 0 aromatic carbocycles. The SMILES string of the molecule is CCCCCCCCCC(CCCCCCCC)O[C]=O. The first-order chi connectivity index (χ1) is 10.3. The minimum absolute atomic E-state index is 0.115. The molecule has 2 nitrogen and oxygen atoms in total. The molecule has 125 valence electrons. The Morgan fingerprint density at radius 3 is 1.43 bits per heavy atom. The second-order valence-corrected chi connectivity index (χ2v) is 6.29. The molecule has 0 aliphatic rings. The molecule has 0 heterocycles. The number of hydrogen-bond donors (Lipinski definition) is 0. The van der Waals surface area contributed by atoms with E-state index < -0.39 is 0 Å². The van der Waals surface area contributed by atoms with Gasteiger partial charge in [0.15, 0.2) is 0 Å². The summed E-state index contributed by atoms with van der Waals surface area (Å²) in [7, 11) is 0. The summed E-state index contributed by atoms with van der Waals surface area (Å²) in [6.07, 6.45) is 19.1. The molecule has 0 aliphatic carbocycles. The van der Waals surface area contributed by atoms with E-state index >= 15 is 0 Å². The largest absolute Gasteiger partial charge is 0.454 e. The third-order valence-electron chi connectivity index (χ3n) is 4.22. The van der Waals surface area contributed by atoms with Gasteiger partial charge in [0.25, 0.3) is 0 Å². The average Bonchev–Trinajstić information content (AvgIpc) is 2.49. The van der Waals surface area contributed by atoms with E-state index in [4.69, 9.17) is 4.74 Å². The summed E-state index contributed by atoms with van der Waals surface area (Å²) in [5, 5.41) is 0. The molecule has 0 spiro atoms. The maximum atomic E-state index is 10.4. The fraction of sp³-hybridized carbons (Fsp3) is 0.947. The first-order valence-corrected chi connectivity index (χ1v) is 9.37. The Morgan fingerprint density at radius 2 is 1.05 bits per heavy atom. The number of unbranched alkanes of at least 4 members (excludes halogenated alkanes) is 11. The van der Waals surface area contributed by atoms with Crippen molar-refractivity contribution in [3.05, 3.63) is 0 Å². The zero-order chi connectivity index (χ0) is 15.6. The van der Waals surface area contributed by atoms with Crippen molar-refractivity contribution in [3.63, 3.8) is 0 Å². The molecule has 0 rings (SSSR count). The normalized spacial score (nSPS) is 12.3. The highest BCUT2D eigenvalue weighted by Crippen LogP contribution is 2.16. The van der Waals surface area contributed by atoms with Gasteiger partial charge in [0.05, 0.1) is 0 Å². The lowest BCUT2D eigenvalue weighted by molar-refractivity contribution is 0.151. The highest BCUT2D eigenvalue weighted by Gasteiger charge is 2.09. The summed E-state index contributed by atoms with van der Waals surface area (Å²) >= 11 is 0. The van der Waals surface area contributed by atoms with Crippen LogP contribution in [0.1, 0.15) is 110 Å². The van der Waals surface area contributed by atoms with Crippen LogP contribution in [-0.4, -0.2) is 12.6 Å². The van der Waals surface area contributed by atoms with Crippen molar-refractivity contribution in [2.24, 2.45) is 0 Å². The lowest BCUT2D eigenvalue weighted by atomic mass is 10.0. The van der Waals surface area contributed by atoms with E-state index in [1.54, 1.807) is 6.47 Å². The molecule has 0 saturated heterocycles. The van der Waals surface area contributed by atoms with Crippen molar-refractivity contribution in [1.82, 2.24) is 0 Å². The average molecular weight is 298 g/mol. The van der Waals surface area contributed by atoms with Crippen LogP contribution in [0.25, 0.3) is 0 Å². The van der Waals surface area contributed by atoms with Crippen LogP contribution in [0.3, 0.4) is 0 Å². The maximum absolute atomic E-state index is 10.4. The highest BCUT2D eigenvalue weighted by atomic mass is 16.5. The predicted octanol–water partition coefficient (Wildman–Crippen LogP) is 6.33. The van der Waals surface area contributed by atoms with Crippen molar-refractivity contribution in [3.8, 4) is 0 Å². The van der Waals surface area contributed by atoms with E-state index in [-0.39, 0.29) is 6.10 Å². The van der Waals surface area contributed by atoms with Gasteiger partial charge in [-0.25, -0.2) is 4.79 Å². The fourth-order valence-corrected chi connectivity index (χ4v) is 2.81. The molecule has 0 fully saturated rings. The predicted molar refractivity (Wildman–Crippen MR) is 91.2 cm³/mol. The highest BCUT2D eigenvalue weighted by molar-refractivity contribution is 5.38. The van der Waals surface area contributed by atoms with Crippen LogP contribution < -0.4 is 0 Å². The standard InChI is InChI=1S/C19H37O2/c1-3-5-7-9-11-13-15-17-19(21-18-20)16-14-12-10-8-6-4-2/h19H,3-17H2,1-2H3. The van der Waals surface area contributed by atoms with Gasteiger partial charge in [-0.1, -0.05) is 84.5 Å². The molecule has 1 radical (unpaired) electrons. The van der Waals surface area contributed by atoms with Gasteiger partial charge in [-0.3, -0.25) is 0 Å². The van der Waals surface area contributed by atoms with Gasteiger partial charge in [-0.15, -0.1) is 0 Å². The van der Waals surface area contributed by atoms with Gasteiger partial charge in [-0.05, 0) is 25.7 Å². The fourth-order valence-electron chi connectivity index (χ4n) is 2.81. The number of ether oxygens (including phenoxy) is 1. The van der Waals surface area contributed by atoms with Crippen LogP contribution in [-0.2, 0) is 9.53 Å². The second-order valence-electron chi connectivity index (χ2n) is 6.29. The zero-order valence-corrected chi connectivity index (χ0v) is 14.5. The summed E-state index contributed by atoms with van der Waals surface area (Å²) in [5.41, 5.74) is 0. The smallest absolute Gasteiger partial charge is 0.417 e. The molecule has 0 amide bonds. The van der Waals surface area contributed by atoms with Crippen molar-refractivity contribution in [2.75, 3.05) is 0 Å². The van der Waals surface area contributed by atoms with E-state index in [0.717, 1.165) is 12.8 Å². The molecular weight excluding hydrogens is 260 g/mol. The van der Waals surface area contributed by atoms with E-state index in [2.05, 4.69) is 13.8 Å². The molecule has 0 bridgehead atoms. The topological polar surface area (TPSA) is 26.3 Å². The van der Waals surface area contributed by atoms with Crippen LogP contribution in [0.2, 0.25) is 0 Å². The first-order valence-electron chi connectivity index (χ1n) is 9.37. The number of hydrogen-bond acceptors (Lipinski definition) is 2. The van der Waals surface area contributed by atoms with E-state index in [1.807, 2.05) is 0 Å². The lowest BCUT2D eigenvalue weighted by Crippen LogP contribution is -2.12. The molecule has 1 atom stereocenters. The number of carbonyl (C=O) groups excluding carboxylic acids is 1. The summed E-state index contributed by atoms with van der Waals surface area (Å²) in [5.74, 6) is 0. The van der Waals surface area contributed by atoms with Gasteiger partial charge in [0.2, 0.25) is 0 Å². The monoisotopic (exact) mass is 297 g/mol. The Bertz CT molecular complexity index is 204. The van der Waals surface area contributed by atoms with Gasteiger partial charge < -0.3 is 4.74 Å². The zero-order valence-electron chi connectivity index (χ0n) is 14.5. The Kier molecular flexibility index (Phi) is 17.1. The molecule has 0 aliphatic heterocycles. The van der Waals surface area contributed by atoms with Crippen molar-refractivity contribution < 1.29 is 9.53 Å². The molecule has 0 N–H and O–H groups in total. The third kappa shape index (κ3) is 15.7. The van der Waals surface area contributed by atoms with Crippen LogP contribution in [0, 0.1) is 0 Å². The Hall–Kier alpha value is -0.530. The van der Waals surface area contributed by atoms with Gasteiger partial charge in [-0.2, -0.15) is 0 Å². The maximum Gasteiger partial charge on any atom is 0.417 e. The van der Waals surface area contributed by atoms with Crippen molar-refractivity contribution in [1.29, 1.82) is 0 Å². The second kappa shape index (κ2) is 17.5. The Balaban J connectivity index is 3.46. The van der Waals surface area contributed by atoms with E-state index in [1.165, 1.54) is 83.5 Å². The van der Waals surface area contributed by atoms with Crippen LogP contribution in [0.4, 0.5) is 0 Å². The number of rotatable bonds is 17. The van der Waals surface area contributed by atoms with Crippen LogP contribution in [0.5, 0.6) is 0 Å². The van der Waals surface area contributed by atoms with Crippen LogP contribution >= 0.6 is 0 Å². The van der Waals surface area contributed by atoms with Crippen molar-refractivity contribution in [2.45, 2.75) is 116 Å². The summed E-state index contributed by atoms with van der Waals surface area (Å²) in [6.45, 7) is 6.14. The Morgan fingerprint density at radius 1 is 0.667 bits per heavy atom. The molecule has 1 unspecified atom stereocenters. The quantitative estimate of drug-likeness (QED) is 0.293. The Labute approximate surface area is 133 Å². The van der Waals surface area contributed by atoms with E-state index in [0.29, 0.717) is 0 Å². The van der Waals surface area contributed by atoms with Crippen LogP contribution in [0.15, 0.2) is 0 Å². The van der Waals surface area contributed by atoms with Gasteiger partial charge in [0.1, 0.15) is 6.10 Å². The first kappa shape index (κ1) is 20.5. The van der Waals surface area contributed by atoms with Gasteiger partial charge in [0, 0.05) is 0 Å². The lowest BCUT2D eigenvalue weighted by Gasteiger charge is -2.14. The molecule has 0 saturated carbocycles. The third-order valence-corrected chi connectivity index (χ3v) is 4.22. The molecule has 0 aromatic heterocycles. The summed E-state index contributed by atoms with van der Waals surface area (Å²) < 4.78 is 5.11. The molecule has 0 aromatic rings. The molecule has 2 heteroatoms. The van der Waals surface area contributed by atoms with Gasteiger partial charge >= 0.3 is 6.47 Å². The minimum atomic E-state index is 0.115. The van der Waals surface area contributed by atoms with Crippen molar-refractivity contribution >= 4 is 6.47 Å². The molecular formula is C19H37O2. The van der Waals surface area contributed by atoms with E-state index in [9.17, 15) is 4.79 Å².